The summed E-state index contributed by atoms with van der Waals surface area (Å²) in [5, 5.41) is 20.3. The molecular weight excluding hydrogens is 276 g/mol. The van der Waals surface area contributed by atoms with Crippen molar-refractivity contribution in [1.82, 2.24) is 0 Å². The third-order valence-electron chi connectivity index (χ3n) is 3.65. The highest BCUT2D eigenvalue weighted by Gasteiger charge is 2.27. The number of phenols is 1. The summed E-state index contributed by atoms with van der Waals surface area (Å²) >= 11 is 0. The first-order valence-electron chi connectivity index (χ1n) is 7.28. The van der Waals surface area contributed by atoms with Gasteiger partial charge in [0, 0.05) is 12.0 Å². The van der Waals surface area contributed by atoms with Crippen LogP contribution in [0.1, 0.15) is 30.5 Å². The zero-order valence-corrected chi connectivity index (χ0v) is 13.2. The molecule has 0 saturated carbocycles. The Labute approximate surface area is 131 Å². The third-order valence-corrected chi connectivity index (χ3v) is 3.65. The number of allylic oxidation sites excluding steroid dienone is 1. The molecule has 1 unspecified atom stereocenters. The second kappa shape index (κ2) is 6.67. The van der Waals surface area contributed by atoms with Crippen molar-refractivity contribution >= 4 is 6.08 Å². The Morgan fingerprint density at radius 1 is 1.14 bits per heavy atom. The largest absolute Gasteiger partial charge is 0.508 e. The quantitative estimate of drug-likeness (QED) is 0.880. The van der Waals surface area contributed by atoms with E-state index in [0.717, 1.165) is 16.7 Å². The van der Waals surface area contributed by atoms with Crippen LogP contribution in [-0.4, -0.2) is 17.3 Å². The molecule has 1 atom stereocenters. The zero-order valence-electron chi connectivity index (χ0n) is 13.2. The van der Waals surface area contributed by atoms with E-state index in [4.69, 9.17) is 4.74 Å². The fraction of sp³-hybridized carbons (Fsp3) is 0.263. The van der Waals surface area contributed by atoms with Crippen LogP contribution in [0.2, 0.25) is 0 Å². The maximum atomic E-state index is 10.9. The summed E-state index contributed by atoms with van der Waals surface area (Å²) in [7, 11) is 1.60. The number of aromatic hydroxyl groups is 1. The first-order valence-corrected chi connectivity index (χ1v) is 7.28. The number of aliphatic hydroxyl groups is 1. The average molecular weight is 298 g/mol. The minimum absolute atomic E-state index is 0.219. The SMILES string of the molecule is CC=Cc1ccc(OC)c(C(C)(O)Cc2ccc(O)cc2)c1. The van der Waals surface area contributed by atoms with Crippen molar-refractivity contribution in [2.45, 2.75) is 25.9 Å². The zero-order chi connectivity index (χ0) is 16.2. The molecule has 0 spiro atoms. The molecule has 116 valence electrons. The van der Waals surface area contributed by atoms with Gasteiger partial charge in [0.25, 0.3) is 0 Å². The summed E-state index contributed by atoms with van der Waals surface area (Å²) in [6.07, 6.45) is 4.38. The van der Waals surface area contributed by atoms with Crippen molar-refractivity contribution in [3.05, 3.63) is 65.2 Å². The van der Waals surface area contributed by atoms with Crippen LogP contribution in [0.5, 0.6) is 11.5 Å². The molecule has 0 radical (unpaired) electrons. The van der Waals surface area contributed by atoms with Gasteiger partial charge in [0.15, 0.2) is 0 Å². The van der Waals surface area contributed by atoms with E-state index in [1.54, 1.807) is 26.2 Å². The van der Waals surface area contributed by atoms with Gasteiger partial charge in [-0.05, 0) is 49.2 Å². The summed E-state index contributed by atoms with van der Waals surface area (Å²) in [4.78, 5) is 0. The van der Waals surface area contributed by atoms with Crippen LogP contribution >= 0.6 is 0 Å². The molecule has 2 N–H and O–H groups in total. The molecular formula is C19H22O3. The van der Waals surface area contributed by atoms with E-state index in [0.29, 0.717) is 12.2 Å². The highest BCUT2D eigenvalue weighted by atomic mass is 16.5. The van der Waals surface area contributed by atoms with E-state index in [1.165, 1.54) is 0 Å². The average Bonchev–Trinajstić information content (AvgIpc) is 2.50. The van der Waals surface area contributed by atoms with Crippen LogP contribution in [0.25, 0.3) is 6.08 Å². The molecule has 0 aliphatic carbocycles. The number of methoxy groups -OCH3 is 1. The van der Waals surface area contributed by atoms with Gasteiger partial charge in [0.2, 0.25) is 0 Å². The second-order valence-electron chi connectivity index (χ2n) is 5.58. The highest BCUT2D eigenvalue weighted by molar-refractivity contribution is 5.54. The number of ether oxygens (including phenoxy) is 1. The van der Waals surface area contributed by atoms with Crippen LogP contribution in [-0.2, 0) is 12.0 Å². The van der Waals surface area contributed by atoms with Crippen molar-refractivity contribution in [3.63, 3.8) is 0 Å². The lowest BCUT2D eigenvalue weighted by molar-refractivity contribution is 0.0549. The summed E-state index contributed by atoms with van der Waals surface area (Å²) in [5.41, 5.74) is 1.64. The van der Waals surface area contributed by atoms with Gasteiger partial charge < -0.3 is 14.9 Å². The fourth-order valence-electron chi connectivity index (χ4n) is 2.55. The van der Waals surface area contributed by atoms with E-state index in [9.17, 15) is 10.2 Å². The third kappa shape index (κ3) is 3.68. The molecule has 0 aliphatic rings. The number of benzene rings is 2. The Morgan fingerprint density at radius 2 is 1.82 bits per heavy atom. The van der Waals surface area contributed by atoms with Crippen LogP contribution in [0, 0.1) is 0 Å². The van der Waals surface area contributed by atoms with Crippen molar-refractivity contribution in [2.24, 2.45) is 0 Å². The molecule has 2 aromatic rings. The topological polar surface area (TPSA) is 49.7 Å². The van der Waals surface area contributed by atoms with Gasteiger partial charge in [0.1, 0.15) is 11.5 Å². The smallest absolute Gasteiger partial charge is 0.124 e. The summed E-state index contributed by atoms with van der Waals surface area (Å²) in [6.45, 7) is 3.73. The normalized spacial score (nSPS) is 14.0. The van der Waals surface area contributed by atoms with E-state index in [-0.39, 0.29) is 5.75 Å². The van der Waals surface area contributed by atoms with Gasteiger partial charge in [0.05, 0.1) is 12.7 Å². The minimum Gasteiger partial charge on any atom is -0.508 e. The van der Waals surface area contributed by atoms with Gasteiger partial charge in [-0.2, -0.15) is 0 Å². The lowest BCUT2D eigenvalue weighted by Gasteiger charge is -2.26. The highest BCUT2D eigenvalue weighted by Crippen LogP contribution is 2.34. The van der Waals surface area contributed by atoms with Crippen molar-refractivity contribution in [1.29, 1.82) is 0 Å². The van der Waals surface area contributed by atoms with Crippen LogP contribution in [0.4, 0.5) is 0 Å². The molecule has 0 bridgehead atoms. The number of hydrogen-bond donors (Lipinski definition) is 2. The predicted octanol–water partition coefficient (Wildman–Crippen LogP) is 3.88. The summed E-state index contributed by atoms with van der Waals surface area (Å²) in [6, 6.07) is 12.6. The van der Waals surface area contributed by atoms with E-state index < -0.39 is 5.60 Å². The maximum Gasteiger partial charge on any atom is 0.124 e. The number of hydrogen-bond acceptors (Lipinski definition) is 3. The molecule has 3 nitrogen and oxygen atoms in total. The first-order chi connectivity index (χ1) is 10.5. The molecule has 0 heterocycles. The molecule has 2 rings (SSSR count). The fourth-order valence-corrected chi connectivity index (χ4v) is 2.55. The number of rotatable bonds is 5. The molecule has 0 aliphatic heterocycles. The molecule has 22 heavy (non-hydrogen) atoms. The van der Waals surface area contributed by atoms with Gasteiger partial charge in [-0.25, -0.2) is 0 Å². The Hall–Kier alpha value is -2.26. The van der Waals surface area contributed by atoms with Crippen LogP contribution < -0.4 is 4.74 Å². The Morgan fingerprint density at radius 3 is 2.41 bits per heavy atom. The summed E-state index contributed by atoms with van der Waals surface area (Å²) < 4.78 is 5.40. The molecule has 0 fully saturated rings. The monoisotopic (exact) mass is 298 g/mol. The Bertz CT molecular complexity index is 655. The van der Waals surface area contributed by atoms with Gasteiger partial charge >= 0.3 is 0 Å². The van der Waals surface area contributed by atoms with E-state index >= 15 is 0 Å². The lowest BCUT2D eigenvalue weighted by Crippen LogP contribution is -2.25. The van der Waals surface area contributed by atoms with Gasteiger partial charge in [-0.15, -0.1) is 0 Å². The molecule has 2 aromatic carbocycles. The molecule has 0 saturated heterocycles. The first kappa shape index (κ1) is 16.1. The second-order valence-corrected chi connectivity index (χ2v) is 5.58. The molecule has 0 aromatic heterocycles. The van der Waals surface area contributed by atoms with Gasteiger partial charge in [-0.1, -0.05) is 30.4 Å². The van der Waals surface area contributed by atoms with Gasteiger partial charge in [-0.3, -0.25) is 0 Å². The van der Waals surface area contributed by atoms with Crippen molar-refractivity contribution < 1.29 is 14.9 Å². The Balaban J connectivity index is 2.38. The van der Waals surface area contributed by atoms with Crippen molar-refractivity contribution in [2.75, 3.05) is 7.11 Å². The van der Waals surface area contributed by atoms with E-state index in [1.807, 2.05) is 49.4 Å². The molecule has 3 heteroatoms. The Kier molecular flexibility index (Phi) is 4.88. The summed E-state index contributed by atoms with van der Waals surface area (Å²) in [5.74, 6) is 0.882. The molecule has 0 amide bonds. The van der Waals surface area contributed by atoms with Crippen molar-refractivity contribution in [3.8, 4) is 11.5 Å². The predicted molar refractivity (Wildman–Crippen MR) is 89.1 cm³/mol. The standard InChI is InChI=1S/C19H22O3/c1-4-5-14-8-11-18(22-3)17(12-14)19(2,21)13-15-6-9-16(20)10-7-15/h4-12,20-21H,13H2,1-3H3. The maximum absolute atomic E-state index is 10.9. The van der Waals surface area contributed by atoms with Crippen LogP contribution in [0.15, 0.2) is 48.5 Å². The number of phenolic OH excluding ortho intramolecular Hbond substituents is 1. The minimum atomic E-state index is -1.07. The lowest BCUT2D eigenvalue weighted by atomic mass is 9.87. The van der Waals surface area contributed by atoms with E-state index in [2.05, 4.69) is 0 Å². The van der Waals surface area contributed by atoms with Crippen LogP contribution in [0.3, 0.4) is 0 Å².